The molecule has 0 fully saturated rings. The number of amides is 1. The van der Waals surface area contributed by atoms with E-state index in [0.29, 0.717) is 38.5 Å². The third-order valence-corrected chi connectivity index (χ3v) is 5.93. The van der Waals surface area contributed by atoms with E-state index in [1.54, 1.807) is 36.4 Å². The molecular weight excluding hydrogens is 573 g/mol. The Morgan fingerprint density at radius 3 is 2.50 bits per heavy atom. The average molecular weight is 597 g/mol. The zero-order valence-electron chi connectivity index (χ0n) is 19.8. The molecule has 0 atom stereocenters. The van der Waals surface area contributed by atoms with E-state index in [0.717, 1.165) is 12.0 Å². The van der Waals surface area contributed by atoms with Gasteiger partial charge in [0, 0.05) is 17.8 Å². The van der Waals surface area contributed by atoms with Crippen LogP contribution in [0.15, 0.2) is 66.2 Å². The Hall–Kier alpha value is -3.91. The smallest absolute Gasteiger partial charge is 0.269 e. The van der Waals surface area contributed by atoms with E-state index in [4.69, 9.17) is 9.47 Å². The predicted octanol–water partition coefficient (Wildman–Crippen LogP) is 6.29. The molecule has 0 aliphatic rings. The number of carbonyl (C=O) groups excluding carboxylic acids is 1. The number of rotatable bonds is 10. The molecule has 0 aliphatic carbocycles. The lowest BCUT2D eigenvalue weighted by Crippen LogP contribution is -2.13. The van der Waals surface area contributed by atoms with Crippen LogP contribution in [0.5, 0.6) is 11.5 Å². The molecule has 0 bridgehead atoms. The summed E-state index contributed by atoms with van der Waals surface area (Å²) in [5, 5.41) is 23.4. The molecule has 36 heavy (non-hydrogen) atoms. The number of benzene rings is 3. The molecular formula is C27H24IN3O5. The lowest BCUT2D eigenvalue weighted by molar-refractivity contribution is -0.384. The minimum Gasteiger partial charge on any atom is -0.490 e. The number of nitrogens with one attached hydrogen (secondary N) is 1. The molecule has 184 valence electrons. The fourth-order valence-electron chi connectivity index (χ4n) is 3.33. The highest BCUT2D eigenvalue weighted by molar-refractivity contribution is 14.1. The molecule has 0 aliphatic heterocycles. The first-order chi connectivity index (χ1) is 17.3. The van der Waals surface area contributed by atoms with Gasteiger partial charge in [-0.15, -0.1) is 0 Å². The normalized spacial score (nSPS) is 10.9. The van der Waals surface area contributed by atoms with Gasteiger partial charge in [0.1, 0.15) is 18.2 Å². The highest BCUT2D eigenvalue weighted by Crippen LogP contribution is 2.35. The summed E-state index contributed by atoms with van der Waals surface area (Å²) in [5.41, 5.74) is 2.92. The topological polar surface area (TPSA) is 114 Å². The third kappa shape index (κ3) is 7.05. The van der Waals surface area contributed by atoms with Gasteiger partial charge in [-0.05, 0) is 83.0 Å². The summed E-state index contributed by atoms with van der Waals surface area (Å²) < 4.78 is 12.4. The molecule has 3 rings (SSSR count). The predicted molar refractivity (Wildman–Crippen MR) is 146 cm³/mol. The van der Waals surface area contributed by atoms with Crippen molar-refractivity contribution < 1.29 is 19.2 Å². The molecule has 0 saturated heterocycles. The molecule has 9 heteroatoms. The van der Waals surface area contributed by atoms with Crippen LogP contribution in [0.3, 0.4) is 0 Å². The number of nitro benzene ring substituents is 1. The second kappa shape index (κ2) is 12.7. The summed E-state index contributed by atoms with van der Waals surface area (Å²) in [5.74, 6) is 0.398. The van der Waals surface area contributed by atoms with Crippen molar-refractivity contribution in [3.8, 4) is 17.6 Å². The van der Waals surface area contributed by atoms with Gasteiger partial charge in [0.15, 0.2) is 11.5 Å². The van der Waals surface area contributed by atoms with Gasteiger partial charge < -0.3 is 14.8 Å². The van der Waals surface area contributed by atoms with Crippen LogP contribution in [-0.2, 0) is 17.8 Å². The number of anilines is 1. The van der Waals surface area contributed by atoms with Gasteiger partial charge in [0.2, 0.25) is 0 Å². The van der Waals surface area contributed by atoms with Crippen LogP contribution in [0, 0.1) is 25.0 Å². The maximum absolute atomic E-state index is 12.7. The molecule has 0 unspecified atom stereocenters. The number of hydrogen-bond donors (Lipinski definition) is 1. The van der Waals surface area contributed by atoms with Gasteiger partial charge in [-0.1, -0.05) is 31.2 Å². The van der Waals surface area contributed by atoms with Crippen LogP contribution in [0.4, 0.5) is 11.4 Å². The van der Waals surface area contributed by atoms with E-state index in [2.05, 4.69) is 27.9 Å². The van der Waals surface area contributed by atoms with Crippen LogP contribution < -0.4 is 14.8 Å². The Kier molecular flexibility index (Phi) is 9.41. The van der Waals surface area contributed by atoms with E-state index in [9.17, 15) is 20.2 Å². The van der Waals surface area contributed by atoms with E-state index in [-0.39, 0.29) is 17.9 Å². The van der Waals surface area contributed by atoms with E-state index in [1.165, 1.54) is 18.2 Å². The van der Waals surface area contributed by atoms with Crippen molar-refractivity contribution in [2.45, 2.75) is 26.9 Å². The quantitative estimate of drug-likeness (QED) is 0.0967. The summed E-state index contributed by atoms with van der Waals surface area (Å²) in [4.78, 5) is 23.3. The summed E-state index contributed by atoms with van der Waals surface area (Å²) in [7, 11) is 0. The second-order valence-corrected chi connectivity index (χ2v) is 8.82. The number of aryl methyl sites for hydroxylation is 1. The van der Waals surface area contributed by atoms with Crippen LogP contribution in [-0.4, -0.2) is 17.4 Å². The van der Waals surface area contributed by atoms with E-state index < -0.39 is 10.8 Å². The minimum atomic E-state index is -0.513. The first-order valence-electron chi connectivity index (χ1n) is 11.2. The maximum Gasteiger partial charge on any atom is 0.269 e. The molecule has 0 aromatic heterocycles. The monoisotopic (exact) mass is 597 g/mol. The fraction of sp³-hybridized carbons (Fsp3) is 0.185. The van der Waals surface area contributed by atoms with Crippen molar-refractivity contribution in [1.82, 2.24) is 0 Å². The summed E-state index contributed by atoms with van der Waals surface area (Å²) in [6.45, 7) is 4.36. The number of ether oxygens (including phenoxy) is 2. The summed E-state index contributed by atoms with van der Waals surface area (Å²) in [6.07, 6.45) is 2.38. The zero-order chi connectivity index (χ0) is 26.1. The van der Waals surface area contributed by atoms with Gasteiger partial charge in [0.05, 0.1) is 15.1 Å². The number of non-ortho nitro benzene ring substituents is 1. The largest absolute Gasteiger partial charge is 0.490 e. The first kappa shape index (κ1) is 26.7. The van der Waals surface area contributed by atoms with E-state index >= 15 is 0 Å². The fourth-order valence-corrected chi connectivity index (χ4v) is 4.11. The number of nitrogens with zero attached hydrogens (tertiary/aromatic N) is 2. The molecule has 1 amide bonds. The minimum absolute atomic E-state index is 0.0140. The number of nitro groups is 1. The van der Waals surface area contributed by atoms with Crippen LogP contribution in [0.2, 0.25) is 0 Å². The third-order valence-electron chi connectivity index (χ3n) is 5.13. The van der Waals surface area contributed by atoms with Crippen molar-refractivity contribution in [3.05, 3.63) is 96.6 Å². The summed E-state index contributed by atoms with van der Waals surface area (Å²) in [6, 6.07) is 19.1. The Balaban J connectivity index is 1.82. The van der Waals surface area contributed by atoms with Gasteiger partial charge in [-0.2, -0.15) is 5.26 Å². The van der Waals surface area contributed by atoms with Crippen molar-refractivity contribution in [3.63, 3.8) is 0 Å². The van der Waals surface area contributed by atoms with Gasteiger partial charge >= 0.3 is 0 Å². The van der Waals surface area contributed by atoms with Crippen molar-refractivity contribution >= 4 is 45.9 Å². The SMILES string of the molecule is CCOc1cc(/C=C(\C#N)C(=O)Nc2ccc(CC)cc2)cc(I)c1OCc1cccc([N+](=O)[O-])c1. The first-order valence-corrected chi connectivity index (χ1v) is 12.3. The number of halogens is 1. The Labute approximate surface area is 222 Å². The second-order valence-electron chi connectivity index (χ2n) is 7.65. The molecule has 3 aromatic rings. The molecule has 3 aromatic carbocycles. The van der Waals surface area contributed by atoms with Crippen LogP contribution in [0.25, 0.3) is 6.08 Å². The standard InChI is InChI=1S/C27H24IN3O5/c1-3-18-8-10-22(11-9-18)30-27(32)21(16-29)12-20-14-24(28)26(25(15-20)35-4-2)36-17-19-6-5-7-23(13-19)31(33)34/h5-15H,3-4,17H2,1-2H3,(H,30,32)/b21-12+. The van der Waals surface area contributed by atoms with Crippen molar-refractivity contribution in [1.29, 1.82) is 5.26 Å². The van der Waals surface area contributed by atoms with Crippen LogP contribution in [0.1, 0.15) is 30.5 Å². The van der Waals surface area contributed by atoms with Crippen molar-refractivity contribution in [2.24, 2.45) is 0 Å². The molecule has 1 N–H and O–H groups in total. The molecule has 0 saturated carbocycles. The van der Waals surface area contributed by atoms with Crippen molar-refractivity contribution in [2.75, 3.05) is 11.9 Å². The average Bonchev–Trinajstić information content (AvgIpc) is 2.87. The van der Waals surface area contributed by atoms with Gasteiger partial charge in [-0.25, -0.2) is 0 Å². The maximum atomic E-state index is 12.7. The van der Waals surface area contributed by atoms with Gasteiger partial charge in [-0.3, -0.25) is 14.9 Å². The zero-order valence-corrected chi connectivity index (χ0v) is 21.9. The highest BCUT2D eigenvalue weighted by Gasteiger charge is 2.15. The molecule has 0 spiro atoms. The van der Waals surface area contributed by atoms with Gasteiger partial charge in [0.25, 0.3) is 11.6 Å². The number of carbonyl (C=O) groups is 1. The Bertz CT molecular complexity index is 1330. The lowest BCUT2D eigenvalue weighted by Gasteiger charge is -2.15. The Morgan fingerprint density at radius 2 is 1.86 bits per heavy atom. The van der Waals surface area contributed by atoms with Crippen LogP contribution >= 0.6 is 22.6 Å². The molecule has 0 radical (unpaired) electrons. The number of nitriles is 1. The number of hydrogen-bond acceptors (Lipinski definition) is 6. The molecule has 8 nitrogen and oxygen atoms in total. The Morgan fingerprint density at radius 1 is 1.11 bits per heavy atom. The lowest BCUT2D eigenvalue weighted by atomic mass is 10.1. The summed E-state index contributed by atoms with van der Waals surface area (Å²) >= 11 is 2.09. The van der Waals surface area contributed by atoms with E-state index in [1.807, 2.05) is 32.0 Å². The highest BCUT2D eigenvalue weighted by atomic mass is 127. The molecule has 0 heterocycles.